The monoisotopic (exact) mass is 319 g/mol. The van der Waals surface area contributed by atoms with Crippen LogP contribution in [-0.2, 0) is 16.1 Å². The first-order chi connectivity index (χ1) is 10.7. The number of likely N-dealkylation sites (tertiary alicyclic amines) is 1. The molecule has 0 atom stereocenters. The number of nitrogens with two attached hydrogens (primary N) is 1. The van der Waals surface area contributed by atoms with Gasteiger partial charge in [-0.2, -0.15) is 0 Å². The van der Waals surface area contributed by atoms with Crippen molar-refractivity contribution >= 4 is 11.8 Å². The predicted molar refractivity (Wildman–Crippen MR) is 93.4 cm³/mol. The molecule has 5 nitrogen and oxygen atoms in total. The van der Waals surface area contributed by atoms with E-state index in [-0.39, 0.29) is 17.7 Å². The van der Waals surface area contributed by atoms with Crippen molar-refractivity contribution in [2.45, 2.75) is 46.8 Å². The van der Waals surface area contributed by atoms with E-state index < -0.39 is 5.60 Å². The zero-order chi connectivity index (χ0) is 17.6. The minimum absolute atomic E-state index is 0.0132. The molecule has 1 aliphatic heterocycles. The fraction of sp³-hybridized carbons (Fsp3) is 0.556. The highest BCUT2D eigenvalue weighted by Crippen LogP contribution is 2.22. The second-order valence-corrected chi connectivity index (χ2v) is 6.54. The Morgan fingerprint density at radius 3 is 2.22 bits per heavy atom. The lowest BCUT2D eigenvalue weighted by Crippen LogP contribution is -2.51. The minimum Gasteiger partial charge on any atom is -0.460 e. The summed E-state index contributed by atoms with van der Waals surface area (Å²) in [6, 6.07) is 7.64. The van der Waals surface area contributed by atoms with Crippen molar-refractivity contribution in [3.05, 3.63) is 35.4 Å². The highest BCUT2D eigenvalue weighted by molar-refractivity contribution is 5.94. The van der Waals surface area contributed by atoms with Crippen LogP contribution in [0.25, 0.3) is 0 Å². The molecule has 0 saturated carbocycles. The molecular formula is C18H29N3O2. The summed E-state index contributed by atoms with van der Waals surface area (Å²) in [6.07, 6.45) is 0. The molecule has 23 heavy (non-hydrogen) atoms. The van der Waals surface area contributed by atoms with Gasteiger partial charge in [0.15, 0.2) is 0 Å². The van der Waals surface area contributed by atoms with Crippen LogP contribution in [0.4, 0.5) is 0 Å². The first kappa shape index (κ1) is 19.2. The van der Waals surface area contributed by atoms with Gasteiger partial charge in [0.25, 0.3) is 0 Å². The van der Waals surface area contributed by atoms with Crippen LogP contribution in [0.1, 0.15) is 45.7 Å². The number of rotatable bonds is 4. The number of nitrogens with one attached hydrogen (secondary N) is 1. The van der Waals surface area contributed by atoms with Crippen molar-refractivity contribution in [2.24, 2.45) is 11.7 Å². The van der Waals surface area contributed by atoms with Crippen molar-refractivity contribution in [3.8, 4) is 0 Å². The Kier molecular flexibility index (Phi) is 6.76. The van der Waals surface area contributed by atoms with Crippen LogP contribution in [-0.4, -0.2) is 35.4 Å². The maximum atomic E-state index is 11.9. The van der Waals surface area contributed by atoms with Crippen LogP contribution in [0, 0.1) is 11.3 Å². The molecule has 1 aliphatic rings. The summed E-state index contributed by atoms with van der Waals surface area (Å²) in [5.74, 6) is -0.0399. The standard InChI is InChI=1S/C16H23N3O2.C2H6/c1-16(2,3)21-15(20)13-9-19(10-13)8-11-4-6-12(7-5-11)14(17)18;1-2/h4-7,13H,8-10H2,1-3H3,(H3,17,18);1-2H3. The van der Waals surface area contributed by atoms with E-state index in [1.54, 1.807) is 0 Å². The van der Waals surface area contributed by atoms with Crippen molar-refractivity contribution < 1.29 is 9.53 Å². The third-order valence-corrected chi connectivity index (χ3v) is 3.37. The Morgan fingerprint density at radius 2 is 1.78 bits per heavy atom. The molecule has 0 bridgehead atoms. The Morgan fingerprint density at radius 1 is 1.26 bits per heavy atom. The highest BCUT2D eigenvalue weighted by atomic mass is 16.6. The number of nitrogen functional groups attached to an aromatic ring is 1. The number of esters is 1. The third kappa shape index (κ3) is 6.02. The summed E-state index contributed by atoms with van der Waals surface area (Å²) in [7, 11) is 0. The first-order valence-corrected chi connectivity index (χ1v) is 8.13. The van der Waals surface area contributed by atoms with Gasteiger partial charge < -0.3 is 10.5 Å². The topological polar surface area (TPSA) is 79.4 Å². The number of hydrogen-bond donors (Lipinski definition) is 2. The first-order valence-electron chi connectivity index (χ1n) is 8.13. The smallest absolute Gasteiger partial charge is 0.312 e. The number of ether oxygens (including phenoxy) is 1. The quantitative estimate of drug-likeness (QED) is 0.508. The molecule has 1 aromatic carbocycles. The van der Waals surface area contributed by atoms with Crippen molar-refractivity contribution in [2.75, 3.05) is 13.1 Å². The van der Waals surface area contributed by atoms with Gasteiger partial charge in [-0.15, -0.1) is 0 Å². The van der Waals surface area contributed by atoms with Crippen LogP contribution in [0.3, 0.4) is 0 Å². The lowest BCUT2D eigenvalue weighted by atomic mass is 9.98. The molecule has 1 aromatic rings. The SMILES string of the molecule is CC.CC(C)(C)OC(=O)C1CN(Cc2ccc(C(=N)N)cc2)C1. The second kappa shape index (κ2) is 8.11. The molecule has 1 fully saturated rings. The number of hydrogen-bond acceptors (Lipinski definition) is 4. The molecule has 128 valence electrons. The third-order valence-electron chi connectivity index (χ3n) is 3.37. The summed E-state index contributed by atoms with van der Waals surface area (Å²) >= 11 is 0. The van der Waals surface area contributed by atoms with Crippen molar-refractivity contribution in [1.29, 1.82) is 5.41 Å². The van der Waals surface area contributed by atoms with Crippen LogP contribution in [0.15, 0.2) is 24.3 Å². The van der Waals surface area contributed by atoms with Gasteiger partial charge >= 0.3 is 5.97 Å². The average molecular weight is 319 g/mol. The summed E-state index contributed by atoms with van der Waals surface area (Å²) in [4.78, 5) is 14.1. The maximum Gasteiger partial charge on any atom is 0.312 e. The number of benzene rings is 1. The van der Waals surface area contributed by atoms with Crippen LogP contribution in [0.5, 0.6) is 0 Å². The number of carbonyl (C=O) groups excluding carboxylic acids is 1. The lowest BCUT2D eigenvalue weighted by molar-refractivity contribution is -0.166. The molecule has 0 aliphatic carbocycles. The van der Waals surface area contributed by atoms with E-state index in [9.17, 15) is 4.79 Å². The van der Waals surface area contributed by atoms with E-state index in [2.05, 4.69) is 4.90 Å². The van der Waals surface area contributed by atoms with Crippen LogP contribution >= 0.6 is 0 Å². The zero-order valence-corrected chi connectivity index (χ0v) is 14.8. The molecule has 5 heteroatoms. The highest BCUT2D eigenvalue weighted by Gasteiger charge is 2.35. The van der Waals surface area contributed by atoms with E-state index in [1.807, 2.05) is 58.9 Å². The number of amidine groups is 1. The molecule has 1 saturated heterocycles. The summed E-state index contributed by atoms with van der Waals surface area (Å²) in [5.41, 5.74) is 6.89. The molecule has 0 radical (unpaired) electrons. The number of carbonyl (C=O) groups is 1. The van der Waals surface area contributed by atoms with Gasteiger partial charge in [0.05, 0.1) is 5.92 Å². The average Bonchev–Trinajstić information content (AvgIpc) is 2.43. The Balaban J connectivity index is 0.00000127. The van der Waals surface area contributed by atoms with Gasteiger partial charge in [0.2, 0.25) is 0 Å². The summed E-state index contributed by atoms with van der Waals surface area (Å²) in [6.45, 7) is 11.9. The molecule has 1 heterocycles. The Labute approximate surface area is 139 Å². The molecule has 2 rings (SSSR count). The van der Waals surface area contributed by atoms with E-state index >= 15 is 0 Å². The van der Waals surface area contributed by atoms with Crippen LogP contribution < -0.4 is 5.73 Å². The molecule has 3 N–H and O–H groups in total. The predicted octanol–water partition coefficient (Wildman–Crippen LogP) is 2.77. The molecule has 0 aromatic heterocycles. The molecular weight excluding hydrogens is 290 g/mol. The normalized spacial score (nSPS) is 15.2. The second-order valence-electron chi connectivity index (χ2n) is 6.54. The molecule has 0 amide bonds. The fourth-order valence-electron chi connectivity index (χ4n) is 2.28. The minimum atomic E-state index is -0.417. The van der Waals surface area contributed by atoms with Gasteiger partial charge in [0.1, 0.15) is 11.4 Å². The van der Waals surface area contributed by atoms with Gasteiger partial charge in [-0.05, 0) is 26.3 Å². The zero-order valence-electron chi connectivity index (χ0n) is 14.8. The summed E-state index contributed by atoms with van der Waals surface area (Å²) in [5, 5.41) is 7.36. The molecule has 0 unspecified atom stereocenters. The Bertz CT molecular complexity index is 526. The van der Waals surface area contributed by atoms with Gasteiger partial charge in [-0.25, -0.2) is 0 Å². The van der Waals surface area contributed by atoms with E-state index in [0.29, 0.717) is 0 Å². The van der Waals surface area contributed by atoms with E-state index in [0.717, 1.165) is 30.8 Å². The summed E-state index contributed by atoms with van der Waals surface area (Å²) < 4.78 is 5.38. The number of nitrogens with zero attached hydrogens (tertiary/aromatic N) is 1. The lowest BCUT2D eigenvalue weighted by Gasteiger charge is -2.38. The molecule has 0 spiro atoms. The fourth-order valence-corrected chi connectivity index (χ4v) is 2.28. The van der Waals surface area contributed by atoms with Gasteiger partial charge in [0, 0.05) is 25.2 Å². The van der Waals surface area contributed by atoms with Crippen molar-refractivity contribution in [3.63, 3.8) is 0 Å². The van der Waals surface area contributed by atoms with Gasteiger partial charge in [-0.1, -0.05) is 38.1 Å². The van der Waals surface area contributed by atoms with Crippen LogP contribution in [0.2, 0.25) is 0 Å². The Hall–Kier alpha value is -1.88. The maximum absolute atomic E-state index is 11.9. The van der Waals surface area contributed by atoms with E-state index in [1.165, 1.54) is 0 Å². The largest absolute Gasteiger partial charge is 0.460 e. The van der Waals surface area contributed by atoms with E-state index in [4.69, 9.17) is 15.9 Å². The van der Waals surface area contributed by atoms with Crippen molar-refractivity contribution in [1.82, 2.24) is 4.90 Å². The van der Waals surface area contributed by atoms with Gasteiger partial charge in [-0.3, -0.25) is 15.1 Å².